The van der Waals surface area contributed by atoms with Crippen molar-refractivity contribution in [3.8, 4) is 11.5 Å². The first kappa shape index (κ1) is 23.2. The van der Waals surface area contributed by atoms with Crippen LogP contribution in [-0.4, -0.2) is 37.3 Å². The number of rotatable bonds is 5. The molecule has 35 heavy (non-hydrogen) atoms. The number of nitrogens with one attached hydrogen (secondary N) is 3. The summed E-state index contributed by atoms with van der Waals surface area (Å²) in [6.45, 7) is 3.55. The van der Waals surface area contributed by atoms with Gasteiger partial charge in [0.15, 0.2) is 0 Å². The summed E-state index contributed by atoms with van der Waals surface area (Å²) in [7, 11) is 1.68. The summed E-state index contributed by atoms with van der Waals surface area (Å²) in [4.78, 5) is 13.4. The van der Waals surface area contributed by atoms with E-state index in [1.54, 1.807) is 13.2 Å². The van der Waals surface area contributed by atoms with Crippen LogP contribution in [0.3, 0.4) is 0 Å². The molecule has 2 atom stereocenters. The van der Waals surface area contributed by atoms with Gasteiger partial charge in [-0.1, -0.05) is 24.3 Å². The van der Waals surface area contributed by atoms with Crippen LogP contribution in [0.25, 0.3) is 0 Å². The van der Waals surface area contributed by atoms with Gasteiger partial charge in [-0.2, -0.15) is 0 Å². The molecule has 0 radical (unpaired) electrons. The standard InChI is InChI=1S/C29H33N3O3/c1-18-13-22(33)16-21-9-11-31-28(17-24(18)21)29(34)32-27-10-12-30-26-8-5-20(15-25(26)27)14-19-3-6-23(35-2)7-4-19/h3-8,13,15-16,27-28,30-31,33H,9-12,14,17H2,1-2H3,(H,32,34). The van der Waals surface area contributed by atoms with Gasteiger partial charge in [0, 0.05) is 12.2 Å². The molecule has 0 aromatic heterocycles. The topological polar surface area (TPSA) is 82.6 Å². The zero-order valence-corrected chi connectivity index (χ0v) is 20.4. The minimum atomic E-state index is -0.291. The van der Waals surface area contributed by atoms with Gasteiger partial charge in [-0.3, -0.25) is 4.79 Å². The average Bonchev–Trinajstić information content (AvgIpc) is 3.08. The van der Waals surface area contributed by atoms with Gasteiger partial charge in [0.2, 0.25) is 5.91 Å². The molecule has 0 saturated heterocycles. The maximum atomic E-state index is 13.4. The third-order valence-corrected chi connectivity index (χ3v) is 7.18. The van der Waals surface area contributed by atoms with Crippen LogP contribution in [0.4, 0.5) is 5.69 Å². The summed E-state index contributed by atoms with van der Waals surface area (Å²) in [5, 5.41) is 20.2. The molecule has 3 aromatic carbocycles. The van der Waals surface area contributed by atoms with Gasteiger partial charge in [-0.15, -0.1) is 0 Å². The zero-order valence-electron chi connectivity index (χ0n) is 20.4. The Bertz CT molecular complexity index is 1220. The van der Waals surface area contributed by atoms with Crippen LogP contribution in [0.5, 0.6) is 11.5 Å². The van der Waals surface area contributed by atoms with Crippen molar-refractivity contribution < 1.29 is 14.6 Å². The highest BCUT2D eigenvalue weighted by molar-refractivity contribution is 5.83. The number of benzene rings is 3. The Balaban J connectivity index is 1.32. The second kappa shape index (κ2) is 10.0. The highest BCUT2D eigenvalue weighted by Gasteiger charge is 2.28. The number of anilines is 1. The lowest BCUT2D eigenvalue weighted by atomic mass is 9.92. The van der Waals surface area contributed by atoms with Gasteiger partial charge in [0.25, 0.3) is 0 Å². The first-order chi connectivity index (χ1) is 17.0. The molecule has 5 rings (SSSR count). The number of hydrogen-bond donors (Lipinski definition) is 4. The first-order valence-corrected chi connectivity index (χ1v) is 12.3. The third-order valence-electron chi connectivity index (χ3n) is 7.18. The number of ether oxygens (including phenoxy) is 1. The van der Waals surface area contributed by atoms with E-state index >= 15 is 0 Å². The average molecular weight is 472 g/mol. The van der Waals surface area contributed by atoms with Gasteiger partial charge >= 0.3 is 0 Å². The number of carbonyl (C=O) groups is 1. The quantitative estimate of drug-likeness (QED) is 0.452. The highest BCUT2D eigenvalue weighted by atomic mass is 16.5. The van der Waals surface area contributed by atoms with Gasteiger partial charge in [0.05, 0.1) is 19.2 Å². The van der Waals surface area contributed by atoms with Gasteiger partial charge < -0.3 is 25.8 Å². The van der Waals surface area contributed by atoms with Crippen molar-refractivity contribution in [3.05, 3.63) is 88.0 Å². The molecule has 6 heteroatoms. The van der Waals surface area contributed by atoms with Gasteiger partial charge in [-0.05, 0) is 103 Å². The molecule has 0 fully saturated rings. The lowest BCUT2D eigenvalue weighted by Crippen LogP contribution is -2.47. The van der Waals surface area contributed by atoms with Gasteiger partial charge in [0.1, 0.15) is 11.5 Å². The van der Waals surface area contributed by atoms with E-state index < -0.39 is 0 Å². The van der Waals surface area contributed by atoms with Crippen molar-refractivity contribution in [2.75, 3.05) is 25.5 Å². The van der Waals surface area contributed by atoms with E-state index in [-0.39, 0.29) is 18.0 Å². The Morgan fingerprint density at radius 3 is 2.69 bits per heavy atom. The Morgan fingerprint density at radius 2 is 1.89 bits per heavy atom. The molecule has 2 aliphatic heterocycles. The lowest BCUT2D eigenvalue weighted by molar-refractivity contribution is -0.123. The molecule has 3 aromatic rings. The van der Waals surface area contributed by atoms with Crippen LogP contribution >= 0.6 is 0 Å². The minimum absolute atomic E-state index is 0.0278. The Hall–Kier alpha value is -3.51. The van der Waals surface area contributed by atoms with Crippen LogP contribution < -0.4 is 20.7 Å². The lowest BCUT2D eigenvalue weighted by Gasteiger charge is -2.29. The summed E-state index contributed by atoms with van der Waals surface area (Å²) in [6.07, 6.45) is 3.10. The fraction of sp³-hybridized carbons (Fsp3) is 0.345. The molecule has 0 spiro atoms. The maximum absolute atomic E-state index is 13.4. The zero-order chi connectivity index (χ0) is 24.4. The van der Waals surface area contributed by atoms with E-state index in [9.17, 15) is 9.90 Å². The molecule has 1 amide bonds. The van der Waals surface area contributed by atoms with E-state index in [1.165, 1.54) is 16.7 Å². The fourth-order valence-corrected chi connectivity index (χ4v) is 5.31. The SMILES string of the molecule is COc1ccc(Cc2ccc3c(c2)C(NC(=O)C2Cc4c(C)cc(O)cc4CCN2)CCN3)cc1. The predicted molar refractivity (Wildman–Crippen MR) is 138 cm³/mol. The summed E-state index contributed by atoms with van der Waals surface area (Å²) in [5.41, 5.74) is 8.00. The number of carbonyl (C=O) groups excluding carboxylic acids is 1. The van der Waals surface area contributed by atoms with Crippen molar-refractivity contribution in [2.24, 2.45) is 0 Å². The Labute approximate surface area is 206 Å². The summed E-state index contributed by atoms with van der Waals surface area (Å²) in [6, 6.07) is 18.0. The molecule has 182 valence electrons. The fourth-order valence-electron chi connectivity index (χ4n) is 5.31. The van der Waals surface area contributed by atoms with E-state index in [0.29, 0.717) is 18.7 Å². The van der Waals surface area contributed by atoms with Crippen LogP contribution in [0.1, 0.15) is 45.8 Å². The molecule has 0 aliphatic carbocycles. The number of amides is 1. The second-order valence-corrected chi connectivity index (χ2v) is 9.58. The van der Waals surface area contributed by atoms with Crippen molar-refractivity contribution >= 4 is 11.6 Å². The molecule has 2 heterocycles. The molecule has 4 N–H and O–H groups in total. The largest absolute Gasteiger partial charge is 0.508 e. The first-order valence-electron chi connectivity index (χ1n) is 12.3. The monoisotopic (exact) mass is 471 g/mol. The summed E-state index contributed by atoms with van der Waals surface area (Å²) in [5.74, 6) is 1.18. The molecular weight excluding hydrogens is 438 g/mol. The van der Waals surface area contributed by atoms with Crippen LogP contribution in [-0.2, 0) is 24.1 Å². The maximum Gasteiger partial charge on any atom is 0.237 e. The number of fused-ring (bicyclic) bond motifs is 2. The Morgan fingerprint density at radius 1 is 1.09 bits per heavy atom. The van der Waals surface area contributed by atoms with Gasteiger partial charge in [-0.25, -0.2) is 0 Å². The number of methoxy groups -OCH3 is 1. The van der Waals surface area contributed by atoms with Crippen molar-refractivity contribution in [1.82, 2.24) is 10.6 Å². The molecule has 0 saturated carbocycles. The summed E-state index contributed by atoms with van der Waals surface area (Å²) >= 11 is 0. The van der Waals surface area contributed by atoms with Crippen LogP contribution in [0.2, 0.25) is 0 Å². The minimum Gasteiger partial charge on any atom is -0.508 e. The number of aromatic hydroxyl groups is 1. The smallest absolute Gasteiger partial charge is 0.237 e. The van der Waals surface area contributed by atoms with E-state index in [0.717, 1.165) is 53.9 Å². The number of aryl methyl sites for hydroxylation is 1. The van der Waals surface area contributed by atoms with Crippen molar-refractivity contribution in [1.29, 1.82) is 0 Å². The third kappa shape index (κ3) is 5.13. The Kier molecular flexibility index (Phi) is 6.64. The summed E-state index contributed by atoms with van der Waals surface area (Å²) < 4.78 is 5.27. The predicted octanol–water partition coefficient (Wildman–Crippen LogP) is 4.03. The molecule has 2 aliphatic rings. The molecule has 6 nitrogen and oxygen atoms in total. The van der Waals surface area contributed by atoms with E-state index in [2.05, 4.69) is 46.3 Å². The number of phenolic OH excluding ortho intramolecular Hbond substituents is 1. The van der Waals surface area contributed by atoms with Crippen molar-refractivity contribution in [2.45, 2.75) is 44.7 Å². The highest BCUT2D eigenvalue weighted by Crippen LogP contribution is 2.32. The van der Waals surface area contributed by atoms with Crippen molar-refractivity contribution in [3.63, 3.8) is 0 Å². The normalized spacial score (nSPS) is 19.0. The number of phenols is 1. The van der Waals surface area contributed by atoms with E-state index in [4.69, 9.17) is 4.74 Å². The molecule has 0 bridgehead atoms. The van der Waals surface area contributed by atoms with E-state index in [1.807, 2.05) is 25.1 Å². The molecular formula is C29H33N3O3. The second-order valence-electron chi connectivity index (χ2n) is 9.58. The van der Waals surface area contributed by atoms with Crippen LogP contribution in [0, 0.1) is 6.92 Å². The number of hydrogen-bond acceptors (Lipinski definition) is 5. The van der Waals surface area contributed by atoms with Crippen LogP contribution in [0.15, 0.2) is 54.6 Å². The molecule has 2 unspecified atom stereocenters.